The standard InChI is InChI=1S/C18H16Cl2N2O2/c1-2-17(23)21-14-4-3-5-15(11-14)22-18(24)9-7-12-6-8-13(19)10-16(12)20/h3-11H,2H2,1H3,(H,21,23)(H,22,24). The molecule has 0 aliphatic carbocycles. The van der Waals surface area contributed by atoms with E-state index in [0.717, 1.165) is 0 Å². The fourth-order valence-electron chi connectivity index (χ4n) is 1.91. The van der Waals surface area contributed by atoms with Crippen LogP contribution in [0.15, 0.2) is 48.5 Å². The Bertz CT molecular complexity index is 788. The Morgan fingerprint density at radius 1 is 1.04 bits per heavy atom. The van der Waals surface area contributed by atoms with Crippen LogP contribution in [0.2, 0.25) is 10.0 Å². The van der Waals surface area contributed by atoms with Crippen LogP contribution in [0.25, 0.3) is 6.08 Å². The summed E-state index contributed by atoms with van der Waals surface area (Å²) in [6, 6.07) is 12.0. The Kier molecular flexibility index (Phi) is 6.41. The molecular formula is C18H16Cl2N2O2. The highest BCUT2D eigenvalue weighted by atomic mass is 35.5. The van der Waals surface area contributed by atoms with E-state index in [0.29, 0.717) is 33.4 Å². The highest BCUT2D eigenvalue weighted by Gasteiger charge is 2.03. The van der Waals surface area contributed by atoms with Gasteiger partial charge in [-0.05, 0) is 42.0 Å². The van der Waals surface area contributed by atoms with E-state index in [1.54, 1.807) is 55.5 Å². The minimum Gasteiger partial charge on any atom is -0.326 e. The van der Waals surface area contributed by atoms with E-state index in [4.69, 9.17) is 23.2 Å². The average molecular weight is 363 g/mol. The summed E-state index contributed by atoms with van der Waals surface area (Å²) < 4.78 is 0. The van der Waals surface area contributed by atoms with E-state index in [-0.39, 0.29) is 11.8 Å². The summed E-state index contributed by atoms with van der Waals surface area (Å²) in [7, 11) is 0. The van der Waals surface area contributed by atoms with Gasteiger partial charge in [-0.15, -0.1) is 0 Å². The Morgan fingerprint density at radius 2 is 1.75 bits per heavy atom. The van der Waals surface area contributed by atoms with Crippen molar-refractivity contribution < 1.29 is 9.59 Å². The molecule has 0 unspecified atom stereocenters. The monoisotopic (exact) mass is 362 g/mol. The van der Waals surface area contributed by atoms with Gasteiger partial charge in [0.2, 0.25) is 11.8 Å². The van der Waals surface area contributed by atoms with Crippen molar-refractivity contribution in [3.8, 4) is 0 Å². The van der Waals surface area contributed by atoms with Crippen molar-refractivity contribution in [2.24, 2.45) is 0 Å². The van der Waals surface area contributed by atoms with Crippen molar-refractivity contribution >= 4 is 52.5 Å². The Balaban J connectivity index is 2.03. The molecule has 0 fully saturated rings. The third-order valence-electron chi connectivity index (χ3n) is 3.11. The minimum atomic E-state index is -0.306. The first-order valence-corrected chi connectivity index (χ1v) is 8.07. The van der Waals surface area contributed by atoms with Gasteiger partial charge in [0.1, 0.15) is 0 Å². The first-order chi connectivity index (χ1) is 11.5. The van der Waals surface area contributed by atoms with E-state index >= 15 is 0 Å². The van der Waals surface area contributed by atoms with Crippen LogP contribution in [0.1, 0.15) is 18.9 Å². The normalized spacial score (nSPS) is 10.6. The molecule has 0 bridgehead atoms. The van der Waals surface area contributed by atoms with E-state index in [1.807, 2.05) is 0 Å². The lowest BCUT2D eigenvalue weighted by molar-refractivity contribution is -0.116. The molecule has 2 aromatic rings. The van der Waals surface area contributed by atoms with Crippen LogP contribution in [0.5, 0.6) is 0 Å². The second kappa shape index (κ2) is 8.52. The number of carbonyl (C=O) groups excluding carboxylic acids is 2. The van der Waals surface area contributed by atoms with Crippen molar-refractivity contribution in [3.63, 3.8) is 0 Å². The fraction of sp³-hybridized carbons (Fsp3) is 0.111. The molecule has 0 aliphatic heterocycles. The Morgan fingerprint density at radius 3 is 2.42 bits per heavy atom. The highest BCUT2D eigenvalue weighted by Crippen LogP contribution is 2.22. The van der Waals surface area contributed by atoms with Gasteiger partial charge in [-0.25, -0.2) is 0 Å². The fourth-order valence-corrected chi connectivity index (χ4v) is 2.38. The number of hydrogen-bond donors (Lipinski definition) is 2. The number of rotatable bonds is 5. The first-order valence-electron chi connectivity index (χ1n) is 7.32. The van der Waals surface area contributed by atoms with Crippen LogP contribution in [-0.2, 0) is 9.59 Å². The van der Waals surface area contributed by atoms with Gasteiger partial charge in [-0.3, -0.25) is 9.59 Å². The molecule has 0 atom stereocenters. The molecular weight excluding hydrogens is 347 g/mol. The van der Waals surface area contributed by atoms with Crippen molar-refractivity contribution in [1.29, 1.82) is 0 Å². The zero-order valence-electron chi connectivity index (χ0n) is 13.0. The summed E-state index contributed by atoms with van der Waals surface area (Å²) in [5, 5.41) is 6.47. The maximum Gasteiger partial charge on any atom is 0.248 e. The Hall–Kier alpha value is -2.30. The summed E-state index contributed by atoms with van der Waals surface area (Å²) in [5.41, 5.74) is 1.91. The second-order valence-corrected chi connectivity index (χ2v) is 5.81. The lowest BCUT2D eigenvalue weighted by atomic mass is 10.2. The van der Waals surface area contributed by atoms with Gasteiger partial charge in [0.25, 0.3) is 0 Å². The van der Waals surface area contributed by atoms with Crippen LogP contribution in [-0.4, -0.2) is 11.8 Å². The molecule has 4 nitrogen and oxygen atoms in total. The minimum absolute atomic E-state index is 0.0873. The summed E-state index contributed by atoms with van der Waals surface area (Å²) in [5.74, 6) is -0.393. The van der Waals surface area contributed by atoms with Gasteiger partial charge in [-0.2, -0.15) is 0 Å². The second-order valence-electron chi connectivity index (χ2n) is 4.97. The van der Waals surface area contributed by atoms with Crippen molar-refractivity contribution in [3.05, 3.63) is 64.1 Å². The van der Waals surface area contributed by atoms with Crippen LogP contribution in [0.3, 0.4) is 0 Å². The van der Waals surface area contributed by atoms with E-state index in [2.05, 4.69) is 10.6 Å². The van der Waals surface area contributed by atoms with Crippen LogP contribution in [0.4, 0.5) is 11.4 Å². The van der Waals surface area contributed by atoms with Gasteiger partial charge < -0.3 is 10.6 Å². The van der Waals surface area contributed by atoms with Crippen molar-refractivity contribution in [1.82, 2.24) is 0 Å². The molecule has 0 saturated carbocycles. The molecule has 2 amide bonds. The van der Waals surface area contributed by atoms with Gasteiger partial charge in [0.05, 0.1) is 0 Å². The zero-order valence-corrected chi connectivity index (χ0v) is 14.5. The number of anilines is 2. The summed E-state index contributed by atoms with van der Waals surface area (Å²) in [6.07, 6.45) is 3.38. The molecule has 0 radical (unpaired) electrons. The van der Waals surface area contributed by atoms with Gasteiger partial charge in [0.15, 0.2) is 0 Å². The van der Waals surface area contributed by atoms with Crippen molar-refractivity contribution in [2.45, 2.75) is 13.3 Å². The third-order valence-corrected chi connectivity index (χ3v) is 3.67. The predicted octanol–water partition coefficient (Wildman–Crippen LogP) is 4.99. The van der Waals surface area contributed by atoms with E-state index in [9.17, 15) is 9.59 Å². The summed E-state index contributed by atoms with van der Waals surface area (Å²) in [4.78, 5) is 23.4. The first kappa shape index (κ1) is 18.0. The smallest absolute Gasteiger partial charge is 0.248 e. The SMILES string of the molecule is CCC(=O)Nc1cccc(NC(=O)C=Cc2ccc(Cl)cc2Cl)c1. The molecule has 0 spiro atoms. The highest BCUT2D eigenvalue weighted by molar-refractivity contribution is 6.35. The summed E-state index contributed by atoms with van der Waals surface area (Å²) in [6.45, 7) is 1.77. The molecule has 0 heterocycles. The molecule has 0 saturated heterocycles. The maximum absolute atomic E-state index is 12.0. The molecule has 124 valence electrons. The van der Waals surface area contributed by atoms with Gasteiger partial charge >= 0.3 is 0 Å². The lowest BCUT2D eigenvalue weighted by Crippen LogP contribution is -2.11. The number of amides is 2. The molecule has 2 N–H and O–H groups in total. The van der Waals surface area contributed by atoms with Crippen LogP contribution in [0, 0.1) is 0 Å². The number of halogens is 2. The van der Waals surface area contributed by atoms with E-state index in [1.165, 1.54) is 6.08 Å². The predicted molar refractivity (Wildman–Crippen MR) is 99.5 cm³/mol. The zero-order chi connectivity index (χ0) is 17.5. The average Bonchev–Trinajstić information content (AvgIpc) is 2.54. The maximum atomic E-state index is 12.0. The largest absolute Gasteiger partial charge is 0.326 e. The quantitative estimate of drug-likeness (QED) is 0.735. The van der Waals surface area contributed by atoms with Gasteiger partial charge in [-0.1, -0.05) is 42.3 Å². The molecule has 24 heavy (non-hydrogen) atoms. The number of benzene rings is 2. The molecule has 2 aromatic carbocycles. The Labute approximate surface area is 150 Å². The number of hydrogen-bond acceptors (Lipinski definition) is 2. The molecule has 0 aliphatic rings. The number of carbonyl (C=O) groups is 2. The summed E-state index contributed by atoms with van der Waals surface area (Å²) >= 11 is 11.9. The van der Waals surface area contributed by atoms with Crippen LogP contribution < -0.4 is 10.6 Å². The molecule has 6 heteroatoms. The molecule has 0 aromatic heterocycles. The van der Waals surface area contributed by atoms with Crippen LogP contribution >= 0.6 is 23.2 Å². The molecule has 2 rings (SSSR count). The lowest BCUT2D eigenvalue weighted by Gasteiger charge is -2.07. The van der Waals surface area contributed by atoms with E-state index < -0.39 is 0 Å². The number of nitrogens with one attached hydrogen (secondary N) is 2. The van der Waals surface area contributed by atoms with Crippen molar-refractivity contribution in [2.75, 3.05) is 10.6 Å². The van der Waals surface area contributed by atoms with Gasteiger partial charge in [0, 0.05) is 33.9 Å². The topological polar surface area (TPSA) is 58.2 Å². The third kappa shape index (κ3) is 5.41.